The van der Waals surface area contributed by atoms with Crippen LogP contribution in [0.2, 0.25) is 5.02 Å². The third kappa shape index (κ3) is 3.60. The number of phenolic OH excluding ortho intramolecular Hbond substituents is 1. The van der Waals surface area contributed by atoms with Crippen LogP contribution < -0.4 is 4.90 Å². The molecular formula is C16H13ClFNO4. The van der Waals surface area contributed by atoms with Gasteiger partial charge in [-0.2, -0.15) is 0 Å². The molecule has 5 nitrogen and oxygen atoms in total. The molecule has 1 unspecified atom stereocenters. The summed E-state index contributed by atoms with van der Waals surface area (Å²) < 4.78 is 13.3. The summed E-state index contributed by atoms with van der Waals surface area (Å²) in [4.78, 5) is 25.0. The molecular weight excluding hydrogens is 325 g/mol. The molecule has 0 aliphatic carbocycles. The Morgan fingerprint density at radius 3 is 2.30 bits per heavy atom. The number of carbonyl (C=O) groups excluding carboxylic acids is 1. The number of carbonyl (C=O) groups is 2. The van der Waals surface area contributed by atoms with Crippen molar-refractivity contribution in [2.75, 3.05) is 4.90 Å². The second-order valence-electron chi connectivity index (χ2n) is 4.83. The van der Waals surface area contributed by atoms with E-state index in [-0.39, 0.29) is 22.0 Å². The lowest BCUT2D eigenvalue weighted by atomic mass is 10.1. The van der Waals surface area contributed by atoms with Gasteiger partial charge in [-0.3, -0.25) is 9.69 Å². The number of phenols is 1. The van der Waals surface area contributed by atoms with Gasteiger partial charge in [0.05, 0.1) is 5.02 Å². The van der Waals surface area contributed by atoms with Crippen LogP contribution in [0.25, 0.3) is 0 Å². The minimum Gasteiger partial charge on any atom is -0.508 e. The summed E-state index contributed by atoms with van der Waals surface area (Å²) in [7, 11) is 0. The Hall–Kier alpha value is -2.60. The van der Waals surface area contributed by atoms with Crippen LogP contribution in [0.15, 0.2) is 42.5 Å². The molecule has 0 heterocycles. The first kappa shape index (κ1) is 16.8. The van der Waals surface area contributed by atoms with Crippen LogP contribution in [0.1, 0.15) is 17.3 Å². The zero-order chi connectivity index (χ0) is 17.1. The maximum absolute atomic E-state index is 13.3. The Balaban J connectivity index is 2.49. The van der Waals surface area contributed by atoms with Crippen LogP contribution in [0.4, 0.5) is 10.1 Å². The molecule has 0 spiro atoms. The number of hydrogen-bond donors (Lipinski definition) is 2. The number of amides is 1. The highest BCUT2D eigenvalue weighted by Gasteiger charge is 2.28. The van der Waals surface area contributed by atoms with Gasteiger partial charge in [0.1, 0.15) is 17.6 Å². The SMILES string of the molecule is CC(C(=O)O)N(C(=O)c1ccc(O)cc1)c1ccc(F)c(Cl)c1. The monoisotopic (exact) mass is 337 g/mol. The average molecular weight is 338 g/mol. The Morgan fingerprint density at radius 2 is 1.78 bits per heavy atom. The fraction of sp³-hybridized carbons (Fsp3) is 0.125. The molecule has 1 amide bonds. The van der Waals surface area contributed by atoms with Gasteiger partial charge < -0.3 is 10.2 Å². The van der Waals surface area contributed by atoms with Crippen LogP contribution >= 0.6 is 11.6 Å². The van der Waals surface area contributed by atoms with E-state index in [4.69, 9.17) is 11.6 Å². The van der Waals surface area contributed by atoms with E-state index in [0.29, 0.717) is 0 Å². The van der Waals surface area contributed by atoms with Crippen LogP contribution in [-0.2, 0) is 4.79 Å². The number of aliphatic carboxylic acids is 1. The first-order chi connectivity index (χ1) is 10.8. The number of rotatable bonds is 4. The van der Waals surface area contributed by atoms with Gasteiger partial charge in [0.25, 0.3) is 5.91 Å². The van der Waals surface area contributed by atoms with E-state index < -0.39 is 23.7 Å². The third-order valence-electron chi connectivity index (χ3n) is 3.26. The second kappa shape index (κ2) is 6.66. The topological polar surface area (TPSA) is 77.8 Å². The Morgan fingerprint density at radius 1 is 1.17 bits per heavy atom. The Bertz CT molecular complexity index is 748. The molecule has 1 atom stereocenters. The van der Waals surface area contributed by atoms with E-state index in [2.05, 4.69) is 0 Å². The number of carboxylic acids is 1. The van der Waals surface area contributed by atoms with E-state index in [0.717, 1.165) is 11.0 Å². The van der Waals surface area contributed by atoms with Crippen LogP contribution in [0, 0.1) is 5.82 Å². The molecule has 0 bridgehead atoms. The van der Waals surface area contributed by atoms with Crippen molar-refractivity contribution < 1.29 is 24.2 Å². The van der Waals surface area contributed by atoms with Gasteiger partial charge in [-0.1, -0.05) is 11.6 Å². The standard InChI is InChI=1S/C16H13ClFNO4/c1-9(16(22)23)19(11-4-7-14(18)13(17)8-11)15(21)10-2-5-12(20)6-3-10/h2-9,20H,1H3,(H,22,23). The molecule has 0 radical (unpaired) electrons. The molecule has 0 saturated carbocycles. The highest BCUT2D eigenvalue weighted by atomic mass is 35.5. The highest BCUT2D eigenvalue weighted by Crippen LogP contribution is 2.26. The first-order valence-corrected chi connectivity index (χ1v) is 6.99. The number of anilines is 1. The smallest absolute Gasteiger partial charge is 0.326 e. The summed E-state index contributed by atoms with van der Waals surface area (Å²) in [6, 6.07) is 7.69. The Kier molecular flexibility index (Phi) is 4.86. The zero-order valence-electron chi connectivity index (χ0n) is 12.0. The fourth-order valence-electron chi connectivity index (χ4n) is 2.01. The molecule has 0 fully saturated rings. The van der Waals surface area contributed by atoms with Crippen molar-refractivity contribution in [3.8, 4) is 5.75 Å². The zero-order valence-corrected chi connectivity index (χ0v) is 12.8. The summed E-state index contributed by atoms with van der Waals surface area (Å²) in [6.07, 6.45) is 0. The summed E-state index contributed by atoms with van der Waals surface area (Å²) in [5.74, 6) is -2.53. The van der Waals surface area contributed by atoms with E-state index in [1.165, 1.54) is 43.3 Å². The molecule has 7 heteroatoms. The minimum atomic E-state index is -1.22. The fourth-order valence-corrected chi connectivity index (χ4v) is 2.18. The number of aromatic hydroxyl groups is 1. The number of benzene rings is 2. The maximum atomic E-state index is 13.3. The van der Waals surface area contributed by atoms with Crippen molar-refractivity contribution in [2.24, 2.45) is 0 Å². The molecule has 0 aliphatic heterocycles. The van der Waals surface area contributed by atoms with Crippen molar-refractivity contribution in [3.63, 3.8) is 0 Å². The van der Waals surface area contributed by atoms with Gasteiger partial charge in [-0.15, -0.1) is 0 Å². The summed E-state index contributed by atoms with van der Waals surface area (Å²) in [5.41, 5.74) is 0.334. The van der Waals surface area contributed by atoms with Gasteiger partial charge in [0, 0.05) is 11.3 Å². The summed E-state index contributed by atoms with van der Waals surface area (Å²) in [6.45, 7) is 1.33. The van der Waals surface area contributed by atoms with Gasteiger partial charge in [0.2, 0.25) is 0 Å². The lowest BCUT2D eigenvalue weighted by Gasteiger charge is -2.27. The molecule has 23 heavy (non-hydrogen) atoms. The lowest BCUT2D eigenvalue weighted by molar-refractivity contribution is -0.138. The molecule has 0 saturated heterocycles. The van der Waals surface area contributed by atoms with Crippen LogP contribution in [-0.4, -0.2) is 28.1 Å². The summed E-state index contributed by atoms with van der Waals surface area (Å²) >= 11 is 5.72. The van der Waals surface area contributed by atoms with Gasteiger partial charge >= 0.3 is 5.97 Å². The van der Waals surface area contributed by atoms with Crippen LogP contribution in [0.5, 0.6) is 5.75 Å². The van der Waals surface area contributed by atoms with Crippen LogP contribution in [0.3, 0.4) is 0 Å². The summed E-state index contributed by atoms with van der Waals surface area (Å²) in [5, 5.41) is 18.3. The predicted octanol–water partition coefficient (Wildman–Crippen LogP) is 3.30. The normalized spacial score (nSPS) is 11.8. The molecule has 0 aliphatic rings. The predicted molar refractivity (Wildman–Crippen MR) is 83.4 cm³/mol. The number of nitrogens with zero attached hydrogens (tertiary/aromatic N) is 1. The molecule has 2 aromatic carbocycles. The average Bonchev–Trinajstić information content (AvgIpc) is 2.51. The van der Waals surface area contributed by atoms with Gasteiger partial charge in [0.15, 0.2) is 0 Å². The second-order valence-corrected chi connectivity index (χ2v) is 5.24. The number of halogens is 2. The quantitative estimate of drug-likeness (QED) is 0.897. The van der Waals surface area contributed by atoms with Crippen molar-refractivity contribution in [2.45, 2.75) is 13.0 Å². The highest BCUT2D eigenvalue weighted by molar-refractivity contribution is 6.31. The third-order valence-corrected chi connectivity index (χ3v) is 3.55. The van der Waals surface area contributed by atoms with E-state index >= 15 is 0 Å². The van der Waals surface area contributed by atoms with E-state index in [9.17, 15) is 24.2 Å². The van der Waals surface area contributed by atoms with E-state index in [1.54, 1.807) is 0 Å². The molecule has 120 valence electrons. The number of hydrogen-bond acceptors (Lipinski definition) is 3. The first-order valence-electron chi connectivity index (χ1n) is 6.61. The van der Waals surface area contributed by atoms with Gasteiger partial charge in [-0.05, 0) is 49.4 Å². The largest absolute Gasteiger partial charge is 0.508 e. The molecule has 2 N–H and O–H groups in total. The number of carboxylic acid groups (broad SMARTS) is 1. The molecule has 2 aromatic rings. The lowest BCUT2D eigenvalue weighted by Crippen LogP contribution is -2.43. The van der Waals surface area contributed by atoms with Gasteiger partial charge in [-0.25, -0.2) is 9.18 Å². The van der Waals surface area contributed by atoms with Crippen molar-refractivity contribution in [1.82, 2.24) is 0 Å². The van der Waals surface area contributed by atoms with E-state index in [1.807, 2.05) is 0 Å². The Labute approximate surface area is 136 Å². The maximum Gasteiger partial charge on any atom is 0.326 e. The minimum absolute atomic E-state index is 0.0239. The van der Waals surface area contributed by atoms with Crippen molar-refractivity contribution >= 4 is 29.2 Å². The molecule has 2 rings (SSSR count). The van der Waals surface area contributed by atoms with Crippen molar-refractivity contribution in [3.05, 3.63) is 58.9 Å². The molecule has 0 aromatic heterocycles. The van der Waals surface area contributed by atoms with Crippen molar-refractivity contribution in [1.29, 1.82) is 0 Å².